The molecule has 0 atom stereocenters. The molecule has 8 nitrogen and oxygen atoms in total. The second-order valence-electron chi connectivity index (χ2n) is 7.31. The molecule has 144 valence electrons. The fourth-order valence-corrected chi connectivity index (χ4v) is 4.13. The van der Waals surface area contributed by atoms with Crippen LogP contribution in [0.5, 0.6) is 0 Å². The first-order valence-corrected chi connectivity index (χ1v) is 11.7. The maximum Gasteiger partial charge on any atom is 0.221 e. The highest BCUT2D eigenvalue weighted by Crippen LogP contribution is 2.35. The standard InChI is InChI=1S/C20H18N7OP/c1-29(2,28)17-5-3-4-15(8-17)18-10-22-19-20(23-18)27(25-24-19)12-14-6-7-16-9-21-13-26(16)11-14/h3-11,13H,12H2,1-2H3. The molecular weight excluding hydrogens is 385 g/mol. The lowest BCUT2D eigenvalue weighted by Crippen LogP contribution is -2.05. The van der Waals surface area contributed by atoms with Gasteiger partial charge in [-0.1, -0.05) is 29.5 Å². The number of hydrogen-bond donors (Lipinski definition) is 0. The van der Waals surface area contributed by atoms with Gasteiger partial charge in [-0.2, -0.15) is 0 Å². The van der Waals surface area contributed by atoms with Crippen LogP contribution in [0, 0.1) is 0 Å². The van der Waals surface area contributed by atoms with Crippen LogP contribution in [0.2, 0.25) is 0 Å². The molecule has 5 rings (SSSR count). The summed E-state index contributed by atoms with van der Waals surface area (Å²) in [6, 6.07) is 11.7. The van der Waals surface area contributed by atoms with Crippen LogP contribution in [0.3, 0.4) is 0 Å². The largest absolute Gasteiger partial charge is 0.319 e. The summed E-state index contributed by atoms with van der Waals surface area (Å²) in [5.41, 5.74) is 4.74. The van der Waals surface area contributed by atoms with E-state index < -0.39 is 7.14 Å². The van der Waals surface area contributed by atoms with Crippen LogP contribution in [0.4, 0.5) is 0 Å². The molecule has 4 aromatic heterocycles. The SMILES string of the molecule is CP(C)(=O)c1cccc(-c2cnc3nnn(Cc4ccc5cncn5c4)c3n2)c1. The normalized spacial score (nSPS) is 12.1. The van der Waals surface area contributed by atoms with Crippen molar-refractivity contribution in [3.63, 3.8) is 0 Å². The van der Waals surface area contributed by atoms with Crippen LogP contribution in [-0.2, 0) is 11.1 Å². The first-order chi connectivity index (χ1) is 14.0. The molecule has 4 heterocycles. The Morgan fingerprint density at radius 1 is 1.10 bits per heavy atom. The molecule has 0 saturated carbocycles. The van der Waals surface area contributed by atoms with Crippen molar-refractivity contribution in [2.45, 2.75) is 6.54 Å². The predicted molar refractivity (Wildman–Crippen MR) is 112 cm³/mol. The van der Waals surface area contributed by atoms with Gasteiger partial charge in [0, 0.05) is 17.1 Å². The zero-order valence-electron chi connectivity index (χ0n) is 16.0. The highest BCUT2D eigenvalue weighted by molar-refractivity contribution is 7.70. The summed E-state index contributed by atoms with van der Waals surface area (Å²) < 4.78 is 16.1. The van der Waals surface area contributed by atoms with Crippen LogP contribution >= 0.6 is 7.14 Å². The van der Waals surface area contributed by atoms with E-state index in [1.54, 1.807) is 30.5 Å². The Labute approximate surface area is 166 Å². The Kier molecular flexibility index (Phi) is 4.03. The fraction of sp³-hybridized carbons (Fsp3) is 0.150. The molecule has 1 aromatic carbocycles. The van der Waals surface area contributed by atoms with E-state index >= 15 is 0 Å². The summed E-state index contributed by atoms with van der Waals surface area (Å²) >= 11 is 0. The molecular formula is C20H18N7OP. The molecule has 0 fully saturated rings. The molecule has 0 spiro atoms. The Balaban J connectivity index is 1.54. The van der Waals surface area contributed by atoms with Crippen LogP contribution in [-0.4, -0.2) is 47.7 Å². The van der Waals surface area contributed by atoms with Gasteiger partial charge in [0.25, 0.3) is 0 Å². The van der Waals surface area contributed by atoms with E-state index in [-0.39, 0.29) is 0 Å². The molecule has 0 amide bonds. The summed E-state index contributed by atoms with van der Waals surface area (Å²) in [6.45, 7) is 4.04. The zero-order chi connectivity index (χ0) is 20.0. The lowest BCUT2D eigenvalue weighted by Gasteiger charge is -2.09. The lowest BCUT2D eigenvalue weighted by atomic mass is 10.2. The minimum atomic E-state index is -2.36. The second-order valence-corrected chi connectivity index (χ2v) is 10.5. The maximum absolute atomic E-state index is 12.4. The van der Waals surface area contributed by atoms with Gasteiger partial charge in [0.1, 0.15) is 7.14 Å². The van der Waals surface area contributed by atoms with E-state index in [2.05, 4.69) is 20.3 Å². The van der Waals surface area contributed by atoms with E-state index in [0.29, 0.717) is 23.5 Å². The Morgan fingerprint density at radius 3 is 2.86 bits per heavy atom. The Bertz CT molecular complexity index is 1400. The molecule has 0 N–H and O–H groups in total. The third-order valence-electron chi connectivity index (χ3n) is 4.79. The van der Waals surface area contributed by atoms with Gasteiger partial charge in [0.05, 0.1) is 36.5 Å². The lowest BCUT2D eigenvalue weighted by molar-refractivity contribution is 0.588. The summed E-state index contributed by atoms with van der Waals surface area (Å²) in [6.07, 6.45) is 7.26. The summed E-state index contributed by atoms with van der Waals surface area (Å²) in [5.74, 6) is 0. The third-order valence-corrected chi connectivity index (χ3v) is 6.31. The number of nitrogens with zero attached hydrogens (tertiary/aromatic N) is 7. The van der Waals surface area contributed by atoms with Crippen LogP contribution < -0.4 is 5.30 Å². The Morgan fingerprint density at radius 2 is 2.00 bits per heavy atom. The van der Waals surface area contributed by atoms with E-state index in [1.807, 2.05) is 53.2 Å². The van der Waals surface area contributed by atoms with Crippen molar-refractivity contribution in [3.05, 3.63) is 66.9 Å². The van der Waals surface area contributed by atoms with Gasteiger partial charge in [0.15, 0.2) is 5.65 Å². The molecule has 0 bridgehead atoms. The van der Waals surface area contributed by atoms with Gasteiger partial charge in [-0.25, -0.2) is 19.6 Å². The second kappa shape index (κ2) is 6.60. The van der Waals surface area contributed by atoms with Crippen LogP contribution in [0.15, 0.2) is 61.3 Å². The average Bonchev–Trinajstić information content (AvgIpc) is 3.34. The van der Waals surface area contributed by atoms with Crippen molar-refractivity contribution in [1.29, 1.82) is 0 Å². The molecule has 0 aliphatic carbocycles. The van der Waals surface area contributed by atoms with E-state index in [0.717, 1.165) is 21.9 Å². The monoisotopic (exact) mass is 403 g/mol. The molecule has 0 saturated heterocycles. The van der Waals surface area contributed by atoms with Crippen molar-refractivity contribution < 1.29 is 4.57 Å². The Hall–Kier alpha value is -3.38. The van der Waals surface area contributed by atoms with Gasteiger partial charge < -0.3 is 8.97 Å². The number of rotatable bonds is 4. The van der Waals surface area contributed by atoms with Gasteiger partial charge in [-0.05, 0) is 31.0 Å². The number of fused-ring (bicyclic) bond motifs is 2. The molecule has 9 heteroatoms. The van der Waals surface area contributed by atoms with Gasteiger partial charge in [-0.3, -0.25) is 0 Å². The van der Waals surface area contributed by atoms with Crippen molar-refractivity contribution in [2.75, 3.05) is 13.3 Å². The van der Waals surface area contributed by atoms with Crippen molar-refractivity contribution >= 4 is 29.3 Å². The topological polar surface area (TPSA) is 90.9 Å². The van der Waals surface area contributed by atoms with E-state index in [4.69, 9.17) is 4.98 Å². The quantitative estimate of drug-likeness (QED) is 0.429. The summed E-state index contributed by atoms with van der Waals surface area (Å²) in [5, 5.41) is 9.17. The maximum atomic E-state index is 12.4. The molecule has 29 heavy (non-hydrogen) atoms. The number of imidazole rings is 1. The van der Waals surface area contributed by atoms with Crippen molar-refractivity contribution in [3.8, 4) is 11.3 Å². The van der Waals surface area contributed by atoms with E-state index in [9.17, 15) is 4.57 Å². The third kappa shape index (κ3) is 3.32. The number of aromatic nitrogens is 7. The average molecular weight is 403 g/mol. The van der Waals surface area contributed by atoms with Crippen molar-refractivity contribution in [2.24, 2.45) is 0 Å². The highest BCUT2D eigenvalue weighted by atomic mass is 31.2. The number of benzene rings is 1. The predicted octanol–water partition coefficient (Wildman–Crippen LogP) is 2.83. The molecule has 5 aromatic rings. The summed E-state index contributed by atoms with van der Waals surface area (Å²) in [7, 11) is -2.36. The van der Waals surface area contributed by atoms with Gasteiger partial charge in [0.2, 0.25) is 5.65 Å². The number of hydrogen-bond acceptors (Lipinski definition) is 6. The minimum absolute atomic E-state index is 0.491. The number of pyridine rings is 1. The van der Waals surface area contributed by atoms with E-state index in [1.165, 1.54) is 0 Å². The summed E-state index contributed by atoms with van der Waals surface area (Å²) in [4.78, 5) is 13.3. The van der Waals surface area contributed by atoms with Crippen LogP contribution in [0.1, 0.15) is 5.56 Å². The van der Waals surface area contributed by atoms with Gasteiger partial charge >= 0.3 is 0 Å². The molecule has 0 unspecified atom stereocenters. The van der Waals surface area contributed by atoms with Crippen LogP contribution in [0.25, 0.3) is 28.1 Å². The minimum Gasteiger partial charge on any atom is -0.319 e. The molecule has 0 aliphatic heterocycles. The first kappa shape index (κ1) is 17.7. The first-order valence-electron chi connectivity index (χ1n) is 9.10. The smallest absolute Gasteiger partial charge is 0.221 e. The zero-order valence-corrected chi connectivity index (χ0v) is 16.9. The van der Waals surface area contributed by atoms with Gasteiger partial charge in [-0.15, -0.1) is 5.10 Å². The fourth-order valence-electron chi connectivity index (χ4n) is 3.23. The molecule has 0 aliphatic rings. The highest BCUT2D eigenvalue weighted by Gasteiger charge is 2.14. The molecule has 0 radical (unpaired) electrons. The van der Waals surface area contributed by atoms with Crippen molar-refractivity contribution in [1.82, 2.24) is 34.3 Å².